The number of nitrogens with one attached hydrogen (secondary N) is 1. The first-order valence-corrected chi connectivity index (χ1v) is 10.5. The quantitative estimate of drug-likeness (QED) is 0.669. The lowest BCUT2D eigenvalue weighted by Gasteiger charge is -2.53. The van der Waals surface area contributed by atoms with E-state index in [0.717, 1.165) is 30.5 Å². The minimum absolute atomic E-state index is 0.0509. The van der Waals surface area contributed by atoms with E-state index in [4.69, 9.17) is 0 Å². The Labute approximate surface area is 180 Å². The molecule has 2 aliphatic heterocycles. The Kier molecular flexibility index (Phi) is 4.62. The number of hydrogen-bond donors (Lipinski definition) is 2. The van der Waals surface area contributed by atoms with E-state index in [1.165, 1.54) is 0 Å². The van der Waals surface area contributed by atoms with E-state index in [2.05, 4.69) is 32.4 Å². The van der Waals surface area contributed by atoms with E-state index in [-0.39, 0.29) is 11.3 Å². The van der Waals surface area contributed by atoms with E-state index < -0.39 is 11.7 Å². The SMILES string of the molecule is C[C@]12CCC[C@](C)(N1)[C@H](F)/C(=C/c1cnc(-c3ccc(-n4ccnc4)cc3O)nn1)C2. The van der Waals surface area contributed by atoms with Gasteiger partial charge < -0.3 is 15.0 Å². The van der Waals surface area contributed by atoms with Crippen LogP contribution < -0.4 is 5.32 Å². The fraction of sp³-hybridized carbons (Fsp3) is 0.391. The number of imidazole rings is 1. The summed E-state index contributed by atoms with van der Waals surface area (Å²) >= 11 is 0. The van der Waals surface area contributed by atoms with Gasteiger partial charge >= 0.3 is 0 Å². The molecule has 2 aromatic heterocycles. The van der Waals surface area contributed by atoms with Gasteiger partial charge in [-0.2, -0.15) is 0 Å². The van der Waals surface area contributed by atoms with Gasteiger partial charge in [-0.15, -0.1) is 10.2 Å². The minimum Gasteiger partial charge on any atom is -0.507 e. The Hall–Kier alpha value is -3.13. The van der Waals surface area contributed by atoms with Crippen LogP contribution in [-0.2, 0) is 0 Å². The first-order chi connectivity index (χ1) is 14.9. The maximum Gasteiger partial charge on any atom is 0.185 e. The molecule has 0 aliphatic carbocycles. The van der Waals surface area contributed by atoms with Crippen LogP contribution in [0, 0.1) is 0 Å². The lowest BCUT2D eigenvalue weighted by molar-refractivity contribution is 0.0555. The Bertz CT molecular complexity index is 1130. The molecule has 0 radical (unpaired) electrons. The lowest BCUT2D eigenvalue weighted by Crippen LogP contribution is -2.66. The third kappa shape index (κ3) is 3.61. The minimum atomic E-state index is -1.07. The van der Waals surface area contributed by atoms with Crippen LogP contribution in [-0.4, -0.2) is 47.1 Å². The molecule has 3 atom stereocenters. The Morgan fingerprint density at radius 1 is 1.26 bits per heavy atom. The molecule has 2 N–H and O–H groups in total. The molecule has 1 aromatic carbocycles. The third-order valence-electron chi connectivity index (χ3n) is 6.43. The summed E-state index contributed by atoms with van der Waals surface area (Å²) < 4.78 is 17.1. The number of aromatic hydroxyl groups is 1. The number of phenols is 1. The molecule has 0 spiro atoms. The maximum atomic E-state index is 15.3. The van der Waals surface area contributed by atoms with Crippen molar-refractivity contribution < 1.29 is 9.50 Å². The van der Waals surface area contributed by atoms with E-state index >= 15 is 4.39 Å². The Morgan fingerprint density at radius 3 is 2.84 bits per heavy atom. The Balaban J connectivity index is 1.40. The summed E-state index contributed by atoms with van der Waals surface area (Å²) in [5, 5.41) is 22.4. The van der Waals surface area contributed by atoms with Gasteiger partial charge in [-0.1, -0.05) is 0 Å². The first kappa shape index (κ1) is 19.8. The maximum absolute atomic E-state index is 15.3. The largest absolute Gasteiger partial charge is 0.507 e. The highest BCUT2D eigenvalue weighted by molar-refractivity contribution is 5.66. The van der Waals surface area contributed by atoms with Crippen LogP contribution in [0.25, 0.3) is 23.2 Å². The van der Waals surface area contributed by atoms with Crippen molar-refractivity contribution in [1.29, 1.82) is 0 Å². The molecule has 2 aliphatic rings. The van der Waals surface area contributed by atoms with E-state index in [1.807, 2.05) is 13.0 Å². The summed E-state index contributed by atoms with van der Waals surface area (Å²) in [7, 11) is 0. The molecule has 0 amide bonds. The fourth-order valence-corrected chi connectivity index (χ4v) is 5.00. The average molecular weight is 420 g/mol. The topological polar surface area (TPSA) is 88.8 Å². The highest BCUT2D eigenvalue weighted by atomic mass is 19.1. The van der Waals surface area contributed by atoms with Gasteiger partial charge in [0.15, 0.2) is 5.82 Å². The van der Waals surface area contributed by atoms with Crippen molar-refractivity contribution in [3.05, 3.63) is 54.4 Å². The van der Waals surface area contributed by atoms with Crippen LogP contribution >= 0.6 is 0 Å². The number of rotatable bonds is 3. The monoisotopic (exact) mass is 420 g/mol. The predicted molar refractivity (Wildman–Crippen MR) is 115 cm³/mol. The smallest absolute Gasteiger partial charge is 0.185 e. The summed E-state index contributed by atoms with van der Waals surface area (Å²) in [4.78, 5) is 8.37. The summed E-state index contributed by atoms with van der Waals surface area (Å²) in [5.74, 6) is 0.365. The number of halogens is 1. The van der Waals surface area contributed by atoms with E-state index in [0.29, 0.717) is 23.5 Å². The molecule has 31 heavy (non-hydrogen) atoms. The van der Waals surface area contributed by atoms with Gasteiger partial charge in [0.05, 0.1) is 29.3 Å². The van der Waals surface area contributed by atoms with Gasteiger partial charge in [-0.25, -0.2) is 14.4 Å². The van der Waals surface area contributed by atoms with Crippen LogP contribution in [0.5, 0.6) is 5.75 Å². The van der Waals surface area contributed by atoms with Crippen molar-refractivity contribution in [3.8, 4) is 22.8 Å². The molecule has 2 saturated heterocycles. The van der Waals surface area contributed by atoms with Crippen molar-refractivity contribution in [2.45, 2.75) is 56.8 Å². The second kappa shape index (κ2) is 7.23. The van der Waals surface area contributed by atoms with Gasteiger partial charge in [0.1, 0.15) is 17.6 Å². The summed E-state index contributed by atoms with van der Waals surface area (Å²) in [6.07, 6.45) is 10.9. The van der Waals surface area contributed by atoms with Gasteiger partial charge in [-0.05, 0) is 63.3 Å². The average Bonchev–Trinajstić information content (AvgIpc) is 3.27. The summed E-state index contributed by atoms with van der Waals surface area (Å²) in [6, 6.07) is 5.21. The number of alkyl halides is 1. The van der Waals surface area contributed by atoms with Crippen LogP contribution in [0.15, 0.2) is 48.7 Å². The molecule has 8 heteroatoms. The zero-order valence-electron chi connectivity index (χ0n) is 17.6. The molecular formula is C23H25FN6O. The first-order valence-electron chi connectivity index (χ1n) is 10.5. The molecule has 3 aromatic rings. The fourth-order valence-electron chi connectivity index (χ4n) is 5.00. The van der Waals surface area contributed by atoms with Crippen molar-refractivity contribution in [1.82, 2.24) is 30.0 Å². The van der Waals surface area contributed by atoms with E-state index in [9.17, 15) is 5.11 Å². The van der Waals surface area contributed by atoms with Crippen molar-refractivity contribution in [2.75, 3.05) is 0 Å². The van der Waals surface area contributed by atoms with Crippen LogP contribution in [0.3, 0.4) is 0 Å². The lowest BCUT2D eigenvalue weighted by atomic mass is 9.68. The molecule has 2 bridgehead atoms. The molecule has 4 heterocycles. The molecule has 7 nitrogen and oxygen atoms in total. The molecular weight excluding hydrogens is 395 g/mol. The molecule has 0 unspecified atom stereocenters. The zero-order valence-corrected chi connectivity index (χ0v) is 17.6. The summed E-state index contributed by atoms with van der Waals surface area (Å²) in [5.41, 5.74) is 1.88. The van der Waals surface area contributed by atoms with Crippen molar-refractivity contribution >= 4 is 6.08 Å². The predicted octanol–water partition coefficient (Wildman–Crippen LogP) is 3.85. The highest BCUT2D eigenvalue weighted by Gasteiger charge is 2.50. The number of piperidine rings is 2. The van der Waals surface area contributed by atoms with Gasteiger partial charge in [0.2, 0.25) is 0 Å². The van der Waals surface area contributed by atoms with Gasteiger partial charge in [0.25, 0.3) is 0 Å². The van der Waals surface area contributed by atoms with Crippen LogP contribution in [0.2, 0.25) is 0 Å². The molecule has 5 rings (SSSR count). The molecule has 160 valence electrons. The highest BCUT2D eigenvalue weighted by Crippen LogP contribution is 2.44. The molecule has 2 fully saturated rings. The number of nitrogens with zero attached hydrogens (tertiary/aromatic N) is 5. The second-order valence-electron chi connectivity index (χ2n) is 9.09. The summed E-state index contributed by atoms with van der Waals surface area (Å²) in [6.45, 7) is 4.12. The third-order valence-corrected chi connectivity index (χ3v) is 6.43. The number of phenolic OH excluding ortho intramolecular Hbond substituents is 1. The standard InChI is InChI=1S/C23H25FN6O/c1-22-6-3-7-23(2,29-22)20(24)15(12-22)10-16-13-26-21(28-27-16)18-5-4-17(11-19(18)31)30-9-8-25-14-30/h4-5,8-11,13-14,20,29,31H,3,6-7,12H2,1-2H3/b15-10+/t20-,22-,23+/m1/s1. The van der Waals surface area contributed by atoms with Gasteiger partial charge in [-0.3, -0.25) is 0 Å². The number of aromatic nitrogens is 5. The van der Waals surface area contributed by atoms with Crippen LogP contribution in [0.1, 0.15) is 45.2 Å². The normalized spacial score (nSPS) is 29.3. The zero-order chi connectivity index (χ0) is 21.6. The van der Waals surface area contributed by atoms with Gasteiger partial charge in [0, 0.05) is 24.0 Å². The Morgan fingerprint density at radius 2 is 2.13 bits per heavy atom. The van der Waals surface area contributed by atoms with Crippen molar-refractivity contribution in [2.24, 2.45) is 0 Å². The second-order valence-corrected chi connectivity index (χ2v) is 9.09. The van der Waals surface area contributed by atoms with Crippen LogP contribution in [0.4, 0.5) is 4.39 Å². The number of fused-ring (bicyclic) bond motifs is 2. The molecule has 0 saturated carbocycles. The van der Waals surface area contributed by atoms with E-state index in [1.54, 1.807) is 47.7 Å². The van der Waals surface area contributed by atoms with Crippen molar-refractivity contribution in [3.63, 3.8) is 0 Å². The number of benzene rings is 1. The number of hydrogen-bond acceptors (Lipinski definition) is 6.